The minimum Gasteiger partial charge on any atom is -0.256 e. The van der Waals surface area contributed by atoms with Crippen molar-refractivity contribution in [2.24, 2.45) is 0 Å². The van der Waals surface area contributed by atoms with E-state index in [9.17, 15) is 0 Å². The van der Waals surface area contributed by atoms with E-state index in [1.165, 1.54) is 44.2 Å². The fourth-order valence-electron chi connectivity index (χ4n) is 4.45. The Morgan fingerprint density at radius 1 is 0.731 bits per heavy atom. The van der Waals surface area contributed by atoms with E-state index < -0.39 is 0 Å². The van der Waals surface area contributed by atoms with Crippen molar-refractivity contribution in [3.63, 3.8) is 0 Å². The van der Waals surface area contributed by atoms with Crippen LogP contribution in [-0.4, -0.2) is 4.98 Å². The Kier molecular flexibility index (Phi) is 3.12. The Balaban J connectivity index is 1.81. The lowest BCUT2D eigenvalue weighted by molar-refractivity contribution is 0.660. The molecule has 0 fully saturated rings. The van der Waals surface area contributed by atoms with Gasteiger partial charge in [-0.3, -0.25) is 4.98 Å². The van der Waals surface area contributed by atoms with Crippen LogP contribution in [0.5, 0.6) is 0 Å². The van der Waals surface area contributed by atoms with Gasteiger partial charge >= 0.3 is 0 Å². The Labute approximate surface area is 154 Å². The molecule has 26 heavy (non-hydrogen) atoms. The third-order valence-corrected chi connectivity index (χ3v) is 5.86. The topological polar surface area (TPSA) is 12.9 Å². The van der Waals surface area contributed by atoms with Crippen LogP contribution in [0, 0.1) is 6.92 Å². The van der Waals surface area contributed by atoms with Gasteiger partial charge in [0, 0.05) is 22.6 Å². The lowest BCUT2D eigenvalue weighted by Crippen LogP contribution is -2.15. The van der Waals surface area contributed by atoms with Gasteiger partial charge in [0.2, 0.25) is 0 Å². The zero-order chi connectivity index (χ0) is 17.9. The third kappa shape index (κ3) is 2.00. The molecule has 1 aliphatic carbocycles. The van der Waals surface area contributed by atoms with Crippen LogP contribution in [0.3, 0.4) is 0 Å². The Morgan fingerprint density at radius 2 is 1.50 bits per heavy atom. The summed E-state index contributed by atoms with van der Waals surface area (Å²) in [6.45, 7) is 6.85. The molecule has 0 aliphatic heterocycles. The molecule has 1 aromatic heterocycles. The number of fused-ring (bicyclic) bond motifs is 4. The first kappa shape index (κ1) is 15.3. The first-order valence-electron chi connectivity index (χ1n) is 9.16. The molecule has 0 spiro atoms. The monoisotopic (exact) mass is 335 g/mol. The van der Waals surface area contributed by atoms with E-state index in [-0.39, 0.29) is 5.41 Å². The summed E-state index contributed by atoms with van der Waals surface area (Å²) in [4.78, 5) is 4.76. The van der Waals surface area contributed by atoms with E-state index in [1.54, 1.807) is 0 Å². The maximum Gasteiger partial charge on any atom is 0.0783 e. The van der Waals surface area contributed by atoms with Gasteiger partial charge in [-0.1, -0.05) is 68.4 Å². The Bertz CT molecular complexity index is 1160. The SMILES string of the molecule is Cc1cc2c(cc1-c1nccc3ccccc13)C(C)(C)c1ccccc1-2. The van der Waals surface area contributed by atoms with Crippen molar-refractivity contribution >= 4 is 10.8 Å². The molecule has 0 amide bonds. The summed E-state index contributed by atoms with van der Waals surface area (Å²) in [6, 6.07) is 24.1. The maximum atomic E-state index is 4.76. The van der Waals surface area contributed by atoms with Gasteiger partial charge in [0.05, 0.1) is 5.69 Å². The number of aryl methyl sites for hydroxylation is 1. The molecule has 0 atom stereocenters. The minimum absolute atomic E-state index is 0.0129. The van der Waals surface area contributed by atoms with Crippen LogP contribution in [0.4, 0.5) is 0 Å². The molecule has 0 radical (unpaired) electrons. The molecular weight excluding hydrogens is 314 g/mol. The predicted molar refractivity (Wildman–Crippen MR) is 109 cm³/mol. The van der Waals surface area contributed by atoms with E-state index in [2.05, 4.69) is 87.5 Å². The second kappa shape index (κ2) is 5.28. The lowest BCUT2D eigenvalue weighted by atomic mass is 9.81. The summed E-state index contributed by atoms with van der Waals surface area (Å²) < 4.78 is 0. The quantitative estimate of drug-likeness (QED) is 0.386. The van der Waals surface area contributed by atoms with E-state index >= 15 is 0 Å². The molecule has 1 aliphatic rings. The van der Waals surface area contributed by atoms with Gasteiger partial charge in [0.25, 0.3) is 0 Å². The van der Waals surface area contributed by atoms with Crippen LogP contribution in [0.15, 0.2) is 72.9 Å². The van der Waals surface area contributed by atoms with Crippen molar-refractivity contribution in [3.8, 4) is 22.4 Å². The molecule has 0 saturated heterocycles. The van der Waals surface area contributed by atoms with Crippen molar-refractivity contribution in [2.75, 3.05) is 0 Å². The first-order chi connectivity index (χ1) is 12.6. The molecule has 0 saturated carbocycles. The zero-order valence-corrected chi connectivity index (χ0v) is 15.4. The van der Waals surface area contributed by atoms with E-state index in [4.69, 9.17) is 4.98 Å². The van der Waals surface area contributed by atoms with Crippen molar-refractivity contribution in [2.45, 2.75) is 26.2 Å². The Hall–Kier alpha value is -2.93. The van der Waals surface area contributed by atoms with Gasteiger partial charge in [-0.2, -0.15) is 0 Å². The largest absolute Gasteiger partial charge is 0.256 e. The zero-order valence-electron chi connectivity index (χ0n) is 15.4. The lowest BCUT2D eigenvalue weighted by Gasteiger charge is -2.22. The first-order valence-corrected chi connectivity index (χ1v) is 9.16. The summed E-state index contributed by atoms with van der Waals surface area (Å²) in [5, 5.41) is 2.45. The van der Waals surface area contributed by atoms with Gasteiger partial charge in [-0.25, -0.2) is 0 Å². The number of rotatable bonds is 1. The molecule has 0 unspecified atom stereocenters. The van der Waals surface area contributed by atoms with Gasteiger partial charge in [0.15, 0.2) is 0 Å². The molecule has 0 bridgehead atoms. The fourth-order valence-corrected chi connectivity index (χ4v) is 4.45. The highest BCUT2D eigenvalue weighted by atomic mass is 14.7. The number of pyridine rings is 1. The van der Waals surface area contributed by atoms with Gasteiger partial charge in [0.1, 0.15) is 0 Å². The molecule has 4 aromatic rings. The van der Waals surface area contributed by atoms with Crippen LogP contribution in [0.2, 0.25) is 0 Å². The van der Waals surface area contributed by atoms with Crippen molar-refractivity contribution in [1.82, 2.24) is 4.98 Å². The molecular formula is C25H21N. The van der Waals surface area contributed by atoms with Crippen LogP contribution >= 0.6 is 0 Å². The fraction of sp³-hybridized carbons (Fsp3) is 0.160. The van der Waals surface area contributed by atoms with Crippen molar-refractivity contribution in [1.29, 1.82) is 0 Å². The Morgan fingerprint density at radius 3 is 2.38 bits per heavy atom. The highest BCUT2D eigenvalue weighted by Crippen LogP contribution is 2.50. The molecule has 0 N–H and O–H groups in total. The van der Waals surface area contributed by atoms with Gasteiger partial charge < -0.3 is 0 Å². The highest BCUT2D eigenvalue weighted by Gasteiger charge is 2.35. The van der Waals surface area contributed by atoms with E-state index in [1.807, 2.05) is 6.20 Å². The summed E-state index contributed by atoms with van der Waals surface area (Å²) in [5.74, 6) is 0. The number of nitrogens with zero attached hydrogens (tertiary/aromatic N) is 1. The average Bonchev–Trinajstić information content (AvgIpc) is 2.88. The van der Waals surface area contributed by atoms with Crippen molar-refractivity contribution < 1.29 is 0 Å². The number of benzene rings is 3. The smallest absolute Gasteiger partial charge is 0.0783 e. The van der Waals surface area contributed by atoms with Crippen LogP contribution in [0.25, 0.3) is 33.2 Å². The second-order valence-electron chi connectivity index (χ2n) is 7.76. The standard InChI is InChI=1S/C25H21N/c1-16-14-21-19-10-6-7-11-22(19)25(2,3)23(21)15-20(16)24-18-9-5-4-8-17(18)12-13-26-24/h4-15H,1-3H3. The summed E-state index contributed by atoms with van der Waals surface area (Å²) in [5.41, 5.74) is 9.15. The number of aromatic nitrogens is 1. The second-order valence-corrected chi connectivity index (χ2v) is 7.76. The highest BCUT2D eigenvalue weighted by molar-refractivity contribution is 5.96. The molecule has 1 heteroatoms. The number of hydrogen-bond acceptors (Lipinski definition) is 1. The van der Waals surface area contributed by atoms with Gasteiger partial charge in [-0.05, 0) is 52.3 Å². The van der Waals surface area contributed by atoms with E-state index in [0.717, 1.165) is 5.69 Å². The average molecular weight is 335 g/mol. The van der Waals surface area contributed by atoms with E-state index in [0.29, 0.717) is 0 Å². The maximum absolute atomic E-state index is 4.76. The van der Waals surface area contributed by atoms with Gasteiger partial charge in [-0.15, -0.1) is 0 Å². The molecule has 1 nitrogen and oxygen atoms in total. The van der Waals surface area contributed by atoms with Crippen LogP contribution in [-0.2, 0) is 5.41 Å². The third-order valence-electron chi connectivity index (χ3n) is 5.86. The predicted octanol–water partition coefficient (Wildman–Crippen LogP) is 6.52. The summed E-state index contributed by atoms with van der Waals surface area (Å²) >= 11 is 0. The minimum atomic E-state index is 0.0129. The van der Waals surface area contributed by atoms with Crippen LogP contribution < -0.4 is 0 Å². The molecule has 126 valence electrons. The molecule has 3 aromatic carbocycles. The molecule has 1 heterocycles. The summed E-state index contributed by atoms with van der Waals surface area (Å²) in [6.07, 6.45) is 1.92. The normalized spacial score (nSPS) is 14.3. The summed E-state index contributed by atoms with van der Waals surface area (Å²) in [7, 11) is 0. The van der Waals surface area contributed by atoms with Crippen molar-refractivity contribution in [3.05, 3.63) is 89.6 Å². The van der Waals surface area contributed by atoms with Crippen LogP contribution in [0.1, 0.15) is 30.5 Å². The molecule has 5 rings (SSSR count). The number of hydrogen-bond donors (Lipinski definition) is 0.